The van der Waals surface area contributed by atoms with Crippen molar-refractivity contribution in [1.29, 1.82) is 0 Å². The standard InChI is InChI=1S/C30H35NO11/c1-12(2)31-16-8-20(41-13(3)25(16)34)42-18-10-30(39,19(33)11-32)9-15-22(18)29(38)24-23(27(15)36)26(35)14-6-5-7-17(40-4)21(14)28(24)37/h5-7,12-13,16,18,20,25,31-32,34,36,38-39H,8-11H2,1-4H3/t13?,16?,18-,20?,25?,30-/m0/s1. The van der Waals surface area contributed by atoms with E-state index in [-0.39, 0.29) is 40.5 Å². The summed E-state index contributed by atoms with van der Waals surface area (Å²) in [6.45, 7) is 4.47. The van der Waals surface area contributed by atoms with Crippen LogP contribution in [0.4, 0.5) is 0 Å². The van der Waals surface area contributed by atoms with Crippen molar-refractivity contribution in [2.45, 2.75) is 82.3 Å². The smallest absolute Gasteiger partial charge is 0.202 e. The Morgan fingerprint density at radius 1 is 1.14 bits per heavy atom. The van der Waals surface area contributed by atoms with Gasteiger partial charge in [-0.15, -0.1) is 0 Å². The molecule has 0 radical (unpaired) electrons. The molecule has 2 aromatic rings. The molecule has 6 atom stereocenters. The molecule has 3 aliphatic rings. The van der Waals surface area contributed by atoms with Crippen molar-refractivity contribution in [3.05, 3.63) is 51.6 Å². The van der Waals surface area contributed by atoms with Crippen LogP contribution in [-0.2, 0) is 20.7 Å². The number of carbonyl (C=O) groups excluding carboxylic acids is 3. The molecule has 0 spiro atoms. The number of phenolic OH excluding ortho intramolecular Hbond substituents is 2. The molecule has 42 heavy (non-hydrogen) atoms. The molecule has 226 valence electrons. The van der Waals surface area contributed by atoms with Gasteiger partial charge in [0.25, 0.3) is 0 Å². The van der Waals surface area contributed by atoms with Crippen molar-refractivity contribution in [3.63, 3.8) is 0 Å². The van der Waals surface area contributed by atoms with Gasteiger partial charge in [0.05, 0.1) is 42.1 Å². The molecule has 12 heteroatoms. The highest BCUT2D eigenvalue weighted by molar-refractivity contribution is 6.31. The number of aromatic hydroxyl groups is 2. The number of phenols is 2. The van der Waals surface area contributed by atoms with Gasteiger partial charge in [-0.3, -0.25) is 14.4 Å². The van der Waals surface area contributed by atoms with Gasteiger partial charge in [0.2, 0.25) is 5.78 Å². The molecule has 1 fully saturated rings. The van der Waals surface area contributed by atoms with Gasteiger partial charge < -0.3 is 45.1 Å². The number of hydrogen-bond acceptors (Lipinski definition) is 12. The number of fused-ring (bicyclic) bond motifs is 3. The summed E-state index contributed by atoms with van der Waals surface area (Å²) >= 11 is 0. The lowest BCUT2D eigenvalue weighted by Gasteiger charge is -2.43. The Kier molecular flexibility index (Phi) is 7.90. The minimum absolute atomic E-state index is 0.0224. The number of Topliss-reactive ketones (excluding diaryl/α,β-unsaturated/α-hetero) is 1. The Hall–Kier alpha value is -3.39. The number of ketones is 3. The van der Waals surface area contributed by atoms with Crippen LogP contribution in [0.1, 0.15) is 82.7 Å². The second-order valence-corrected chi connectivity index (χ2v) is 11.4. The normalized spacial score (nSPS) is 28.7. The number of carbonyl (C=O) groups is 3. The summed E-state index contributed by atoms with van der Waals surface area (Å²) in [5, 5.41) is 57.9. The fourth-order valence-corrected chi connectivity index (χ4v) is 6.31. The third-order valence-electron chi connectivity index (χ3n) is 8.31. The highest BCUT2D eigenvalue weighted by Gasteiger charge is 2.50. The summed E-state index contributed by atoms with van der Waals surface area (Å²) in [6.07, 6.45) is -4.71. The molecule has 0 saturated carbocycles. The maximum absolute atomic E-state index is 13.8. The molecule has 2 aliphatic carbocycles. The molecular formula is C30H35NO11. The van der Waals surface area contributed by atoms with E-state index in [9.17, 15) is 39.9 Å². The van der Waals surface area contributed by atoms with E-state index in [1.807, 2.05) is 13.8 Å². The lowest BCUT2D eigenvalue weighted by atomic mass is 9.72. The summed E-state index contributed by atoms with van der Waals surface area (Å²) in [6, 6.07) is 3.98. The van der Waals surface area contributed by atoms with E-state index in [2.05, 4.69) is 5.32 Å². The van der Waals surface area contributed by atoms with E-state index < -0.39 is 95.7 Å². The Balaban J connectivity index is 1.65. The molecular weight excluding hydrogens is 550 g/mol. The first-order valence-electron chi connectivity index (χ1n) is 13.8. The number of nitrogens with one attached hydrogen (secondary N) is 1. The molecule has 0 amide bonds. The van der Waals surface area contributed by atoms with E-state index in [1.165, 1.54) is 25.3 Å². The molecule has 4 unspecified atom stereocenters. The van der Waals surface area contributed by atoms with Gasteiger partial charge in [-0.25, -0.2) is 0 Å². The van der Waals surface area contributed by atoms with Crippen molar-refractivity contribution in [1.82, 2.24) is 5.32 Å². The van der Waals surface area contributed by atoms with Crippen LogP contribution < -0.4 is 10.1 Å². The number of hydrogen-bond donors (Lipinski definition) is 6. The van der Waals surface area contributed by atoms with Gasteiger partial charge in [-0.05, 0) is 13.0 Å². The number of methoxy groups -OCH3 is 1. The lowest BCUT2D eigenvalue weighted by Crippen LogP contribution is -2.56. The van der Waals surface area contributed by atoms with Crippen molar-refractivity contribution in [3.8, 4) is 17.2 Å². The van der Waals surface area contributed by atoms with E-state index in [0.717, 1.165) is 0 Å². The van der Waals surface area contributed by atoms with Crippen LogP contribution in [0.2, 0.25) is 0 Å². The zero-order valence-corrected chi connectivity index (χ0v) is 23.7. The Morgan fingerprint density at radius 3 is 2.48 bits per heavy atom. The van der Waals surface area contributed by atoms with Crippen LogP contribution in [0.15, 0.2) is 18.2 Å². The molecule has 12 nitrogen and oxygen atoms in total. The highest BCUT2D eigenvalue weighted by Crippen LogP contribution is 2.52. The largest absolute Gasteiger partial charge is 0.507 e. The monoisotopic (exact) mass is 585 g/mol. The third-order valence-corrected chi connectivity index (χ3v) is 8.31. The number of benzene rings is 2. The first-order chi connectivity index (χ1) is 19.8. The average molecular weight is 586 g/mol. The molecule has 1 aliphatic heterocycles. The van der Waals surface area contributed by atoms with E-state index in [4.69, 9.17) is 14.2 Å². The van der Waals surface area contributed by atoms with Crippen LogP contribution in [-0.4, -0.2) is 92.8 Å². The van der Waals surface area contributed by atoms with Crippen LogP contribution in [0, 0.1) is 0 Å². The molecule has 2 aromatic carbocycles. The maximum Gasteiger partial charge on any atom is 0.202 e. The van der Waals surface area contributed by atoms with Gasteiger partial charge in [0.1, 0.15) is 29.5 Å². The Bertz CT molecular complexity index is 1450. The molecule has 1 heterocycles. The van der Waals surface area contributed by atoms with Crippen LogP contribution in [0.25, 0.3) is 0 Å². The van der Waals surface area contributed by atoms with Crippen molar-refractivity contribution >= 4 is 17.3 Å². The first-order valence-corrected chi connectivity index (χ1v) is 13.8. The predicted octanol–water partition coefficient (Wildman–Crippen LogP) is 1.04. The highest BCUT2D eigenvalue weighted by atomic mass is 16.7. The van der Waals surface area contributed by atoms with Gasteiger partial charge in [0.15, 0.2) is 17.9 Å². The Morgan fingerprint density at radius 2 is 1.83 bits per heavy atom. The summed E-state index contributed by atoms with van der Waals surface area (Å²) in [4.78, 5) is 40.1. The predicted molar refractivity (Wildman–Crippen MR) is 146 cm³/mol. The lowest BCUT2D eigenvalue weighted by molar-refractivity contribution is -0.250. The van der Waals surface area contributed by atoms with Crippen LogP contribution in [0.5, 0.6) is 17.2 Å². The van der Waals surface area contributed by atoms with Crippen LogP contribution in [0.3, 0.4) is 0 Å². The zero-order chi connectivity index (χ0) is 30.7. The minimum atomic E-state index is -2.23. The second kappa shape index (κ2) is 11.0. The summed E-state index contributed by atoms with van der Waals surface area (Å²) < 4.78 is 17.4. The van der Waals surface area contributed by atoms with Crippen molar-refractivity contribution < 1.29 is 54.1 Å². The summed E-state index contributed by atoms with van der Waals surface area (Å²) in [5.74, 6) is -3.69. The molecule has 1 saturated heterocycles. The number of rotatable bonds is 7. The topological polar surface area (TPSA) is 192 Å². The van der Waals surface area contributed by atoms with Crippen molar-refractivity contribution in [2.75, 3.05) is 13.7 Å². The quantitative estimate of drug-likeness (QED) is 0.216. The number of aliphatic hydroxyl groups excluding tert-OH is 2. The second-order valence-electron chi connectivity index (χ2n) is 11.4. The van der Waals surface area contributed by atoms with Crippen LogP contribution >= 0.6 is 0 Å². The van der Waals surface area contributed by atoms with Gasteiger partial charge in [-0.1, -0.05) is 26.0 Å². The zero-order valence-electron chi connectivity index (χ0n) is 23.7. The molecule has 0 aromatic heterocycles. The Labute approximate surface area is 241 Å². The molecule has 5 rings (SSSR count). The maximum atomic E-state index is 13.8. The average Bonchev–Trinajstić information content (AvgIpc) is 2.94. The fraction of sp³-hybridized carbons (Fsp3) is 0.500. The molecule has 0 bridgehead atoms. The minimum Gasteiger partial charge on any atom is -0.507 e. The SMILES string of the molecule is COc1cccc2c1C(=O)c1c(O)c3c(c(O)c1C2=O)C[C@@](O)(C(=O)CO)C[C@@H]3OC1CC(NC(C)C)C(O)C(C)O1. The first kappa shape index (κ1) is 30.1. The summed E-state index contributed by atoms with van der Waals surface area (Å²) in [5.41, 5.74) is -3.52. The van der Waals surface area contributed by atoms with Gasteiger partial charge in [0, 0.05) is 48.0 Å². The van der Waals surface area contributed by atoms with E-state index in [1.54, 1.807) is 6.92 Å². The van der Waals surface area contributed by atoms with Gasteiger partial charge in [-0.2, -0.15) is 0 Å². The number of aliphatic hydroxyl groups is 3. The fourth-order valence-electron chi connectivity index (χ4n) is 6.31. The summed E-state index contributed by atoms with van der Waals surface area (Å²) in [7, 11) is 1.33. The molecule has 6 N–H and O–H groups in total. The van der Waals surface area contributed by atoms with Crippen molar-refractivity contribution in [2.24, 2.45) is 0 Å². The van der Waals surface area contributed by atoms with E-state index in [0.29, 0.717) is 0 Å². The van der Waals surface area contributed by atoms with E-state index >= 15 is 0 Å². The third kappa shape index (κ3) is 4.77. The van der Waals surface area contributed by atoms with Gasteiger partial charge >= 0.3 is 0 Å². The number of ether oxygens (including phenoxy) is 3.